The van der Waals surface area contributed by atoms with Gasteiger partial charge in [0.05, 0.1) is 25.0 Å². The Labute approximate surface area is 142 Å². The number of hydrogen-bond donors (Lipinski definition) is 1. The van der Waals surface area contributed by atoms with Crippen molar-refractivity contribution in [2.24, 2.45) is 0 Å². The molecule has 0 radical (unpaired) electrons. The van der Waals surface area contributed by atoms with E-state index in [0.717, 1.165) is 29.9 Å². The van der Waals surface area contributed by atoms with Crippen molar-refractivity contribution in [3.05, 3.63) is 53.5 Å². The van der Waals surface area contributed by atoms with E-state index < -0.39 is 0 Å². The van der Waals surface area contributed by atoms with Gasteiger partial charge in [0.15, 0.2) is 0 Å². The first-order chi connectivity index (χ1) is 11.6. The van der Waals surface area contributed by atoms with E-state index in [0.29, 0.717) is 18.0 Å². The number of methoxy groups -OCH3 is 1. The predicted octanol–water partition coefficient (Wildman–Crippen LogP) is 3.20. The lowest BCUT2D eigenvalue weighted by Gasteiger charge is -2.26. The summed E-state index contributed by atoms with van der Waals surface area (Å²) in [6.07, 6.45) is 3.82. The van der Waals surface area contributed by atoms with Gasteiger partial charge in [-0.1, -0.05) is 18.2 Å². The van der Waals surface area contributed by atoms with Crippen LogP contribution in [-0.2, 0) is 0 Å². The number of rotatable bonds is 7. The quantitative estimate of drug-likeness (QED) is 0.848. The molecule has 1 aromatic heterocycles. The van der Waals surface area contributed by atoms with Crippen molar-refractivity contribution in [2.75, 3.05) is 27.7 Å². The maximum atomic E-state index is 12.6. The SMILES string of the molecule is COc1ccccc1C(CNC(=O)c1ccoc1C1CC1)N(C)C. The second kappa shape index (κ2) is 7.09. The zero-order chi connectivity index (χ0) is 17.1. The molecule has 3 rings (SSSR count). The number of benzene rings is 1. The first-order valence-electron chi connectivity index (χ1n) is 8.26. The van der Waals surface area contributed by atoms with Crippen LogP contribution in [0.1, 0.15) is 46.5 Å². The van der Waals surface area contributed by atoms with Crippen LogP contribution in [-0.4, -0.2) is 38.6 Å². The number of furan rings is 1. The molecule has 0 aliphatic heterocycles. The Hall–Kier alpha value is -2.27. The molecule has 24 heavy (non-hydrogen) atoms. The first-order valence-corrected chi connectivity index (χ1v) is 8.26. The van der Waals surface area contributed by atoms with Crippen molar-refractivity contribution in [3.63, 3.8) is 0 Å². The van der Waals surface area contributed by atoms with Gasteiger partial charge >= 0.3 is 0 Å². The summed E-state index contributed by atoms with van der Waals surface area (Å²) in [5.41, 5.74) is 1.72. The van der Waals surface area contributed by atoms with Crippen LogP contribution in [0.5, 0.6) is 5.75 Å². The molecule has 0 spiro atoms. The third kappa shape index (κ3) is 3.46. The summed E-state index contributed by atoms with van der Waals surface area (Å²) in [4.78, 5) is 14.6. The van der Waals surface area contributed by atoms with Gasteiger partial charge in [0.25, 0.3) is 5.91 Å². The summed E-state index contributed by atoms with van der Waals surface area (Å²) in [6, 6.07) is 9.69. The van der Waals surface area contributed by atoms with Crippen molar-refractivity contribution < 1.29 is 13.9 Å². The summed E-state index contributed by atoms with van der Waals surface area (Å²) in [7, 11) is 5.66. The number of ether oxygens (including phenoxy) is 1. The Kier molecular flexibility index (Phi) is 4.90. The number of carbonyl (C=O) groups excluding carboxylic acids is 1. The predicted molar refractivity (Wildman–Crippen MR) is 92.4 cm³/mol. The monoisotopic (exact) mass is 328 g/mol. The fourth-order valence-corrected chi connectivity index (χ4v) is 2.97. The fourth-order valence-electron chi connectivity index (χ4n) is 2.97. The highest BCUT2D eigenvalue weighted by Crippen LogP contribution is 2.42. The van der Waals surface area contributed by atoms with E-state index in [1.165, 1.54) is 0 Å². The summed E-state index contributed by atoms with van der Waals surface area (Å²) in [5, 5.41) is 3.04. The van der Waals surface area contributed by atoms with Gasteiger partial charge in [-0.15, -0.1) is 0 Å². The molecule has 1 aromatic carbocycles. The zero-order valence-corrected chi connectivity index (χ0v) is 14.4. The molecule has 5 nitrogen and oxygen atoms in total. The standard InChI is InChI=1S/C19H24N2O3/c1-21(2)16(14-6-4-5-7-17(14)23-3)12-20-19(22)15-10-11-24-18(15)13-8-9-13/h4-7,10-11,13,16H,8-9,12H2,1-3H3,(H,20,22). The van der Waals surface area contributed by atoms with Crippen LogP contribution in [0.15, 0.2) is 41.0 Å². The summed E-state index contributed by atoms with van der Waals surface area (Å²) in [6.45, 7) is 0.501. The lowest BCUT2D eigenvalue weighted by molar-refractivity contribution is 0.0939. The van der Waals surface area contributed by atoms with Crippen LogP contribution >= 0.6 is 0 Å². The van der Waals surface area contributed by atoms with E-state index in [9.17, 15) is 4.79 Å². The van der Waals surface area contributed by atoms with Crippen LogP contribution in [0.2, 0.25) is 0 Å². The minimum absolute atomic E-state index is 0.0291. The van der Waals surface area contributed by atoms with Crippen molar-refractivity contribution in [2.45, 2.75) is 24.8 Å². The molecule has 1 aliphatic rings. The van der Waals surface area contributed by atoms with Gasteiger partial charge in [-0.2, -0.15) is 0 Å². The summed E-state index contributed by atoms with van der Waals surface area (Å²) in [5.74, 6) is 1.99. The second-order valence-electron chi connectivity index (χ2n) is 6.40. The van der Waals surface area contributed by atoms with E-state index in [-0.39, 0.29) is 11.9 Å². The molecule has 0 bridgehead atoms. The Morgan fingerprint density at radius 3 is 2.75 bits per heavy atom. The second-order valence-corrected chi connectivity index (χ2v) is 6.40. The molecule has 1 unspecified atom stereocenters. The number of nitrogens with one attached hydrogen (secondary N) is 1. The number of hydrogen-bond acceptors (Lipinski definition) is 4. The van der Waals surface area contributed by atoms with E-state index in [2.05, 4.69) is 10.2 Å². The minimum Gasteiger partial charge on any atom is -0.496 e. The van der Waals surface area contributed by atoms with Crippen LogP contribution in [0.4, 0.5) is 0 Å². The van der Waals surface area contributed by atoms with Crippen molar-refractivity contribution in [1.82, 2.24) is 10.2 Å². The molecule has 1 fully saturated rings. The molecular weight excluding hydrogens is 304 g/mol. The maximum Gasteiger partial charge on any atom is 0.254 e. The van der Waals surface area contributed by atoms with Crippen LogP contribution in [0.3, 0.4) is 0 Å². The molecule has 1 saturated carbocycles. The topological polar surface area (TPSA) is 54.7 Å². The van der Waals surface area contributed by atoms with E-state index in [1.807, 2.05) is 38.4 Å². The Morgan fingerprint density at radius 1 is 1.33 bits per heavy atom. The molecular formula is C19H24N2O3. The minimum atomic E-state index is -0.0765. The van der Waals surface area contributed by atoms with Gasteiger partial charge in [-0.05, 0) is 39.1 Å². The van der Waals surface area contributed by atoms with Crippen LogP contribution in [0, 0.1) is 0 Å². The fraction of sp³-hybridized carbons (Fsp3) is 0.421. The molecule has 1 N–H and O–H groups in total. The lowest BCUT2D eigenvalue weighted by Crippen LogP contribution is -2.34. The maximum absolute atomic E-state index is 12.6. The number of para-hydroxylation sites is 1. The molecule has 0 saturated heterocycles. The highest BCUT2D eigenvalue weighted by Gasteiger charge is 2.31. The molecule has 5 heteroatoms. The Balaban J connectivity index is 1.72. The summed E-state index contributed by atoms with van der Waals surface area (Å²) >= 11 is 0. The number of likely N-dealkylation sites (N-methyl/N-ethyl adjacent to an activating group) is 1. The molecule has 1 aliphatic carbocycles. The van der Waals surface area contributed by atoms with Gasteiger partial charge in [-0.3, -0.25) is 4.79 Å². The summed E-state index contributed by atoms with van der Waals surface area (Å²) < 4.78 is 11.0. The normalized spacial score (nSPS) is 15.3. The van der Waals surface area contributed by atoms with Crippen molar-refractivity contribution >= 4 is 5.91 Å². The largest absolute Gasteiger partial charge is 0.496 e. The van der Waals surface area contributed by atoms with E-state index >= 15 is 0 Å². The van der Waals surface area contributed by atoms with Crippen LogP contribution in [0.25, 0.3) is 0 Å². The highest BCUT2D eigenvalue weighted by atomic mass is 16.5. The first kappa shape index (κ1) is 16.6. The molecule has 1 amide bonds. The van der Waals surface area contributed by atoms with Gasteiger partial charge < -0.3 is 19.4 Å². The van der Waals surface area contributed by atoms with Gasteiger partial charge in [0.2, 0.25) is 0 Å². The highest BCUT2D eigenvalue weighted by molar-refractivity contribution is 5.95. The third-order valence-electron chi connectivity index (χ3n) is 4.47. The van der Waals surface area contributed by atoms with Gasteiger partial charge in [-0.25, -0.2) is 0 Å². The third-order valence-corrected chi connectivity index (χ3v) is 4.47. The molecule has 1 atom stereocenters. The van der Waals surface area contributed by atoms with Crippen molar-refractivity contribution in [1.29, 1.82) is 0 Å². The average molecular weight is 328 g/mol. The number of amides is 1. The van der Waals surface area contributed by atoms with Crippen LogP contribution < -0.4 is 10.1 Å². The Morgan fingerprint density at radius 2 is 2.08 bits per heavy atom. The number of carbonyl (C=O) groups is 1. The zero-order valence-electron chi connectivity index (χ0n) is 14.4. The molecule has 2 aromatic rings. The Bertz CT molecular complexity index is 704. The lowest BCUT2D eigenvalue weighted by atomic mass is 10.0. The van der Waals surface area contributed by atoms with E-state index in [4.69, 9.17) is 9.15 Å². The number of nitrogens with zero attached hydrogens (tertiary/aromatic N) is 1. The molecule has 1 heterocycles. The van der Waals surface area contributed by atoms with Gasteiger partial charge in [0, 0.05) is 18.0 Å². The smallest absolute Gasteiger partial charge is 0.254 e. The van der Waals surface area contributed by atoms with E-state index in [1.54, 1.807) is 19.4 Å². The van der Waals surface area contributed by atoms with Gasteiger partial charge in [0.1, 0.15) is 11.5 Å². The van der Waals surface area contributed by atoms with Crippen molar-refractivity contribution in [3.8, 4) is 5.75 Å². The molecule has 128 valence electrons. The average Bonchev–Trinajstić information content (AvgIpc) is 3.31.